The third-order valence-electron chi connectivity index (χ3n) is 7.28. The van der Waals surface area contributed by atoms with Crippen molar-refractivity contribution in [3.63, 3.8) is 0 Å². The van der Waals surface area contributed by atoms with Crippen LogP contribution in [0.2, 0.25) is 0 Å². The Morgan fingerprint density at radius 2 is 1.70 bits per heavy atom. The predicted molar refractivity (Wildman–Crippen MR) is 150 cm³/mol. The molecule has 0 saturated carbocycles. The number of rotatable bonds is 8. The minimum absolute atomic E-state index is 0.0643. The van der Waals surface area contributed by atoms with Crippen molar-refractivity contribution in [3.05, 3.63) is 114 Å². The van der Waals surface area contributed by atoms with E-state index in [1.54, 1.807) is 0 Å². The highest BCUT2D eigenvalue weighted by Gasteiger charge is 2.33. The van der Waals surface area contributed by atoms with Gasteiger partial charge in [0.1, 0.15) is 5.75 Å². The summed E-state index contributed by atoms with van der Waals surface area (Å²) in [7, 11) is 0. The summed E-state index contributed by atoms with van der Waals surface area (Å²) in [5.41, 5.74) is 3.03. The Morgan fingerprint density at radius 1 is 0.925 bits per heavy atom. The maximum absolute atomic E-state index is 11.7. The lowest BCUT2D eigenvalue weighted by molar-refractivity contribution is -0.0199. The van der Waals surface area contributed by atoms with Crippen LogP contribution in [0.1, 0.15) is 29.4 Å². The molecule has 2 unspecified atom stereocenters. The second kappa shape index (κ2) is 11.6. The Morgan fingerprint density at radius 3 is 2.50 bits per heavy atom. The molecule has 2 heterocycles. The van der Waals surface area contributed by atoms with Crippen molar-refractivity contribution in [1.29, 1.82) is 0 Å². The van der Waals surface area contributed by atoms with E-state index >= 15 is 0 Å². The third kappa shape index (κ3) is 5.82. The molecule has 6 rings (SSSR count). The second-order valence-electron chi connectivity index (χ2n) is 9.89. The molecule has 40 heavy (non-hydrogen) atoms. The molecule has 1 aliphatic rings. The van der Waals surface area contributed by atoms with Crippen LogP contribution in [0, 0.1) is 0 Å². The zero-order chi connectivity index (χ0) is 27.3. The van der Waals surface area contributed by atoms with Crippen LogP contribution in [0.3, 0.4) is 0 Å². The number of amides is 1. The Hall–Kier alpha value is -4.69. The zero-order valence-electron chi connectivity index (χ0n) is 21.8. The molecule has 8 heteroatoms. The smallest absolute Gasteiger partial charge is 0.407 e. The van der Waals surface area contributed by atoms with Crippen molar-refractivity contribution in [2.45, 2.75) is 31.7 Å². The fraction of sp³-hybridized carbons (Fsp3) is 0.219. The molecule has 1 aliphatic heterocycles. The standard InChI is InChI=1S/C32H29N3O5/c36-32(37)35-17-16-28(29(19-35)39-20-22-10-11-23-6-4-5-9-26(23)18-22)24-12-14-27(15-13-24)38-21-30-33-31(34-40-30)25-7-2-1-3-8-25/h1-15,18,28-29H,16-17,19-21H2,(H,36,37). The van der Waals surface area contributed by atoms with Crippen LogP contribution < -0.4 is 4.74 Å². The highest BCUT2D eigenvalue weighted by molar-refractivity contribution is 5.82. The summed E-state index contributed by atoms with van der Waals surface area (Å²) in [5, 5.41) is 16.0. The highest BCUT2D eigenvalue weighted by atomic mass is 16.5. The van der Waals surface area contributed by atoms with E-state index in [0.29, 0.717) is 43.6 Å². The number of hydrogen-bond acceptors (Lipinski definition) is 6. The lowest BCUT2D eigenvalue weighted by Gasteiger charge is -2.37. The minimum atomic E-state index is -0.919. The fourth-order valence-electron chi connectivity index (χ4n) is 5.15. The number of likely N-dealkylation sites (tertiary alicyclic amines) is 1. The second-order valence-corrected chi connectivity index (χ2v) is 9.89. The highest BCUT2D eigenvalue weighted by Crippen LogP contribution is 2.32. The van der Waals surface area contributed by atoms with Crippen molar-refractivity contribution in [1.82, 2.24) is 15.0 Å². The topological polar surface area (TPSA) is 97.9 Å². The maximum atomic E-state index is 11.7. The normalized spacial score (nSPS) is 17.1. The molecule has 0 bridgehead atoms. The van der Waals surface area contributed by atoms with E-state index < -0.39 is 6.09 Å². The quantitative estimate of drug-likeness (QED) is 0.241. The van der Waals surface area contributed by atoms with Gasteiger partial charge in [0.05, 0.1) is 19.3 Å². The summed E-state index contributed by atoms with van der Waals surface area (Å²) in [4.78, 5) is 17.6. The molecule has 0 aliphatic carbocycles. The third-order valence-corrected chi connectivity index (χ3v) is 7.28. The minimum Gasteiger partial charge on any atom is -0.484 e. The van der Waals surface area contributed by atoms with Crippen molar-refractivity contribution >= 4 is 16.9 Å². The van der Waals surface area contributed by atoms with E-state index in [-0.39, 0.29) is 18.6 Å². The average Bonchev–Trinajstić information content (AvgIpc) is 3.49. The number of benzene rings is 4. The van der Waals surface area contributed by atoms with Crippen LogP contribution in [-0.4, -0.2) is 45.4 Å². The first-order chi connectivity index (χ1) is 19.6. The number of carboxylic acid groups (broad SMARTS) is 1. The fourth-order valence-corrected chi connectivity index (χ4v) is 5.15. The van der Waals surface area contributed by atoms with Gasteiger partial charge in [0.25, 0.3) is 5.89 Å². The van der Waals surface area contributed by atoms with Gasteiger partial charge < -0.3 is 24.0 Å². The molecular weight excluding hydrogens is 506 g/mol. The number of ether oxygens (including phenoxy) is 2. The molecule has 4 aromatic carbocycles. The first-order valence-electron chi connectivity index (χ1n) is 13.3. The SMILES string of the molecule is O=C(O)N1CCC(c2ccc(OCc3nc(-c4ccccc4)no3)cc2)C(OCc2ccc3ccccc3c2)C1. The Labute approximate surface area is 231 Å². The van der Waals surface area contributed by atoms with Crippen LogP contribution in [-0.2, 0) is 18.0 Å². The number of piperidine rings is 1. The van der Waals surface area contributed by atoms with Gasteiger partial charge in [-0.2, -0.15) is 4.98 Å². The number of fused-ring (bicyclic) bond motifs is 1. The molecule has 0 spiro atoms. The van der Waals surface area contributed by atoms with Gasteiger partial charge in [-0.25, -0.2) is 4.79 Å². The van der Waals surface area contributed by atoms with Crippen LogP contribution in [0.15, 0.2) is 102 Å². The first-order valence-corrected chi connectivity index (χ1v) is 13.3. The lowest BCUT2D eigenvalue weighted by Crippen LogP contribution is -2.46. The van der Waals surface area contributed by atoms with Crippen molar-refractivity contribution < 1.29 is 23.9 Å². The molecule has 1 saturated heterocycles. The van der Waals surface area contributed by atoms with Crippen molar-refractivity contribution in [2.24, 2.45) is 0 Å². The number of hydrogen-bond donors (Lipinski definition) is 1. The maximum Gasteiger partial charge on any atom is 0.407 e. The summed E-state index contributed by atoms with van der Waals surface area (Å²) in [6.07, 6.45) is -0.505. The number of aromatic nitrogens is 2. The van der Waals surface area contributed by atoms with Gasteiger partial charge in [0.15, 0.2) is 6.61 Å². The zero-order valence-corrected chi connectivity index (χ0v) is 21.8. The van der Waals surface area contributed by atoms with Gasteiger partial charge in [0.2, 0.25) is 5.82 Å². The van der Waals surface area contributed by atoms with E-state index in [1.165, 1.54) is 10.3 Å². The van der Waals surface area contributed by atoms with E-state index in [1.807, 2.05) is 66.7 Å². The molecule has 2 atom stereocenters. The van der Waals surface area contributed by atoms with Gasteiger partial charge in [-0.05, 0) is 46.5 Å². The molecule has 1 amide bonds. The molecule has 1 N–H and O–H groups in total. The Kier molecular flexibility index (Phi) is 7.41. The van der Waals surface area contributed by atoms with Gasteiger partial charge in [-0.1, -0.05) is 84.0 Å². The van der Waals surface area contributed by atoms with Crippen LogP contribution in [0.4, 0.5) is 4.79 Å². The molecule has 1 fully saturated rings. The average molecular weight is 536 g/mol. The summed E-state index contributed by atoms with van der Waals surface area (Å²) < 4.78 is 17.6. The van der Waals surface area contributed by atoms with Gasteiger partial charge in [0, 0.05) is 18.0 Å². The molecular formula is C32H29N3O5. The van der Waals surface area contributed by atoms with Gasteiger partial charge in [-0.15, -0.1) is 0 Å². The van der Waals surface area contributed by atoms with Gasteiger partial charge >= 0.3 is 6.09 Å². The van der Waals surface area contributed by atoms with Crippen LogP contribution in [0.5, 0.6) is 5.75 Å². The number of carbonyl (C=O) groups is 1. The molecule has 5 aromatic rings. The molecule has 202 valence electrons. The monoisotopic (exact) mass is 535 g/mol. The van der Waals surface area contributed by atoms with Crippen molar-refractivity contribution in [3.8, 4) is 17.1 Å². The molecule has 8 nitrogen and oxygen atoms in total. The van der Waals surface area contributed by atoms with Crippen molar-refractivity contribution in [2.75, 3.05) is 13.1 Å². The summed E-state index contributed by atoms with van der Waals surface area (Å²) in [6.45, 7) is 1.37. The van der Waals surface area contributed by atoms with E-state index in [4.69, 9.17) is 14.0 Å². The van der Waals surface area contributed by atoms with Gasteiger partial charge in [-0.3, -0.25) is 0 Å². The summed E-state index contributed by atoms with van der Waals surface area (Å²) in [6, 6.07) is 32.0. The Balaban J connectivity index is 1.11. The lowest BCUT2D eigenvalue weighted by atomic mass is 9.87. The van der Waals surface area contributed by atoms with Crippen LogP contribution >= 0.6 is 0 Å². The molecule has 1 aromatic heterocycles. The summed E-state index contributed by atoms with van der Waals surface area (Å²) in [5.74, 6) is 1.66. The molecule has 0 radical (unpaired) electrons. The predicted octanol–water partition coefficient (Wildman–Crippen LogP) is 6.52. The van der Waals surface area contributed by atoms with E-state index in [2.05, 4.69) is 40.5 Å². The van der Waals surface area contributed by atoms with E-state index in [9.17, 15) is 9.90 Å². The van der Waals surface area contributed by atoms with E-state index in [0.717, 1.165) is 22.1 Å². The first kappa shape index (κ1) is 25.6. The Bertz CT molecular complexity index is 1590. The summed E-state index contributed by atoms with van der Waals surface area (Å²) >= 11 is 0. The number of nitrogens with zero attached hydrogens (tertiary/aromatic N) is 3. The van der Waals surface area contributed by atoms with Crippen LogP contribution in [0.25, 0.3) is 22.2 Å². The largest absolute Gasteiger partial charge is 0.484 e.